The lowest BCUT2D eigenvalue weighted by molar-refractivity contribution is 0.102. The molecule has 104 valence electrons. The van der Waals surface area contributed by atoms with Gasteiger partial charge in [-0.3, -0.25) is 4.79 Å². The van der Waals surface area contributed by atoms with E-state index in [-0.39, 0.29) is 5.91 Å². The SMILES string of the molecule is COc1cc(Cl)c(C)cc1NC(=O)c1cccc(S)c1. The highest BCUT2D eigenvalue weighted by Crippen LogP contribution is 2.31. The third-order valence-corrected chi connectivity index (χ3v) is 3.52. The first kappa shape index (κ1) is 14.8. The number of carbonyl (C=O) groups is 1. The molecule has 2 aromatic carbocycles. The number of anilines is 1. The molecule has 20 heavy (non-hydrogen) atoms. The van der Waals surface area contributed by atoms with Gasteiger partial charge in [0.25, 0.3) is 5.91 Å². The van der Waals surface area contributed by atoms with Gasteiger partial charge in [0.1, 0.15) is 5.75 Å². The van der Waals surface area contributed by atoms with Crippen molar-refractivity contribution in [2.45, 2.75) is 11.8 Å². The smallest absolute Gasteiger partial charge is 0.255 e. The molecule has 0 aromatic heterocycles. The van der Waals surface area contributed by atoms with Crippen LogP contribution in [-0.4, -0.2) is 13.0 Å². The second kappa shape index (κ2) is 6.20. The Morgan fingerprint density at radius 1 is 1.30 bits per heavy atom. The minimum absolute atomic E-state index is 0.221. The Balaban J connectivity index is 2.30. The summed E-state index contributed by atoms with van der Waals surface area (Å²) in [6, 6.07) is 10.5. The molecule has 2 rings (SSSR count). The molecule has 1 N–H and O–H groups in total. The van der Waals surface area contributed by atoms with Crippen molar-refractivity contribution in [3.63, 3.8) is 0 Å². The molecule has 0 heterocycles. The van der Waals surface area contributed by atoms with Crippen LogP contribution in [0.15, 0.2) is 41.3 Å². The summed E-state index contributed by atoms with van der Waals surface area (Å²) in [7, 11) is 1.53. The summed E-state index contributed by atoms with van der Waals surface area (Å²) < 4.78 is 5.23. The first-order chi connectivity index (χ1) is 9.51. The first-order valence-electron chi connectivity index (χ1n) is 5.96. The van der Waals surface area contributed by atoms with E-state index < -0.39 is 0 Å². The second-order valence-corrected chi connectivity index (χ2v) is 5.23. The van der Waals surface area contributed by atoms with Crippen molar-refractivity contribution in [1.82, 2.24) is 0 Å². The predicted molar refractivity (Wildman–Crippen MR) is 84.4 cm³/mol. The van der Waals surface area contributed by atoms with Crippen LogP contribution in [0.1, 0.15) is 15.9 Å². The molecule has 3 nitrogen and oxygen atoms in total. The summed E-state index contributed by atoms with van der Waals surface area (Å²) in [5.74, 6) is 0.303. The fourth-order valence-electron chi connectivity index (χ4n) is 1.77. The minimum atomic E-state index is -0.221. The lowest BCUT2D eigenvalue weighted by Gasteiger charge is -2.12. The van der Waals surface area contributed by atoms with Gasteiger partial charge in [0.05, 0.1) is 12.8 Å². The number of methoxy groups -OCH3 is 1. The Bertz CT molecular complexity index is 658. The summed E-state index contributed by atoms with van der Waals surface area (Å²) in [6.07, 6.45) is 0. The van der Waals surface area contributed by atoms with Crippen LogP contribution in [0.4, 0.5) is 5.69 Å². The van der Waals surface area contributed by atoms with Crippen molar-refractivity contribution in [3.05, 3.63) is 52.5 Å². The number of aryl methyl sites for hydroxylation is 1. The van der Waals surface area contributed by atoms with Crippen molar-refractivity contribution in [2.75, 3.05) is 12.4 Å². The summed E-state index contributed by atoms with van der Waals surface area (Å²) in [5.41, 5.74) is 1.99. The Kier molecular flexibility index (Phi) is 4.57. The van der Waals surface area contributed by atoms with Crippen LogP contribution in [0.5, 0.6) is 5.75 Å². The van der Waals surface area contributed by atoms with Gasteiger partial charge in [-0.2, -0.15) is 0 Å². The second-order valence-electron chi connectivity index (χ2n) is 4.31. The van der Waals surface area contributed by atoms with Crippen molar-refractivity contribution in [2.24, 2.45) is 0 Å². The van der Waals surface area contributed by atoms with E-state index in [4.69, 9.17) is 16.3 Å². The van der Waals surface area contributed by atoms with Crippen molar-refractivity contribution in [3.8, 4) is 5.75 Å². The highest BCUT2D eigenvalue weighted by molar-refractivity contribution is 7.80. The van der Waals surface area contributed by atoms with E-state index in [0.29, 0.717) is 22.0 Å². The van der Waals surface area contributed by atoms with Crippen molar-refractivity contribution in [1.29, 1.82) is 0 Å². The zero-order valence-electron chi connectivity index (χ0n) is 11.1. The number of hydrogen-bond donors (Lipinski definition) is 2. The topological polar surface area (TPSA) is 38.3 Å². The summed E-state index contributed by atoms with van der Waals surface area (Å²) in [6.45, 7) is 1.87. The standard InChI is InChI=1S/C15H14ClNO2S/c1-9-6-13(14(19-2)8-12(9)16)17-15(18)10-4-3-5-11(20)7-10/h3-8,20H,1-2H3,(H,17,18). The Hall–Kier alpha value is -1.65. The van der Waals surface area contributed by atoms with Crippen LogP contribution >= 0.6 is 24.2 Å². The van der Waals surface area contributed by atoms with E-state index >= 15 is 0 Å². The normalized spacial score (nSPS) is 10.2. The van der Waals surface area contributed by atoms with E-state index in [9.17, 15) is 4.79 Å². The van der Waals surface area contributed by atoms with Gasteiger partial charge in [-0.15, -0.1) is 12.6 Å². The molecule has 2 aromatic rings. The average Bonchev–Trinajstić information content (AvgIpc) is 2.42. The van der Waals surface area contributed by atoms with Gasteiger partial charge in [0, 0.05) is 21.5 Å². The van der Waals surface area contributed by atoms with E-state index in [1.165, 1.54) is 7.11 Å². The molecule has 0 spiro atoms. The lowest BCUT2D eigenvalue weighted by atomic mass is 10.1. The zero-order valence-corrected chi connectivity index (χ0v) is 12.8. The molecule has 0 atom stereocenters. The maximum Gasteiger partial charge on any atom is 0.255 e. The van der Waals surface area contributed by atoms with Gasteiger partial charge < -0.3 is 10.1 Å². The van der Waals surface area contributed by atoms with E-state index in [2.05, 4.69) is 17.9 Å². The quantitative estimate of drug-likeness (QED) is 0.834. The summed E-state index contributed by atoms with van der Waals surface area (Å²) in [4.78, 5) is 12.9. The summed E-state index contributed by atoms with van der Waals surface area (Å²) in [5, 5.41) is 3.41. The molecule has 0 bridgehead atoms. The molecular formula is C15H14ClNO2S. The molecule has 0 unspecified atom stereocenters. The Morgan fingerprint density at radius 2 is 2.05 bits per heavy atom. The molecule has 0 saturated carbocycles. The lowest BCUT2D eigenvalue weighted by Crippen LogP contribution is -2.12. The van der Waals surface area contributed by atoms with Crippen LogP contribution in [0.25, 0.3) is 0 Å². The van der Waals surface area contributed by atoms with Crippen LogP contribution in [0.2, 0.25) is 5.02 Å². The predicted octanol–water partition coefficient (Wildman–Crippen LogP) is 4.20. The molecule has 1 amide bonds. The van der Waals surface area contributed by atoms with Gasteiger partial charge in [-0.05, 0) is 36.8 Å². The monoisotopic (exact) mass is 307 g/mol. The number of halogens is 1. The Labute approximate surface area is 128 Å². The number of benzene rings is 2. The highest BCUT2D eigenvalue weighted by Gasteiger charge is 2.12. The molecule has 0 fully saturated rings. The fourth-order valence-corrected chi connectivity index (χ4v) is 2.15. The number of carbonyl (C=O) groups excluding carboxylic acids is 1. The van der Waals surface area contributed by atoms with E-state index in [1.807, 2.05) is 13.0 Å². The zero-order chi connectivity index (χ0) is 14.7. The average molecular weight is 308 g/mol. The molecule has 0 radical (unpaired) electrons. The molecule has 5 heteroatoms. The first-order valence-corrected chi connectivity index (χ1v) is 6.78. The van der Waals surface area contributed by atoms with Crippen LogP contribution in [0.3, 0.4) is 0 Å². The van der Waals surface area contributed by atoms with Gasteiger partial charge in [-0.25, -0.2) is 0 Å². The van der Waals surface area contributed by atoms with Gasteiger partial charge in [0.2, 0.25) is 0 Å². The van der Waals surface area contributed by atoms with Gasteiger partial charge in [0.15, 0.2) is 0 Å². The van der Waals surface area contributed by atoms with Crippen LogP contribution in [0, 0.1) is 6.92 Å². The van der Waals surface area contributed by atoms with E-state index in [1.54, 1.807) is 30.3 Å². The number of ether oxygens (including phenoxy) is 1. The van der Waals surface area contributed by atoms with Crippen LogP contribution < -0.4 is 10.1 Å². The maximum absolute atomic E-state index is 12.2. The van der Waals surface area contributed by atoms with Crippen molar-refractivity contribution >= 4 is 35.8 Å². The number of hydrogen-bond acceptors (Lipinski definition) is 3. The largest absolute Gasteiger partial charge is 0.495 e. The van der Waals surface area contributed by atoms with E-state index in [0.717, 1.165) is 10.5 Å². The number of rotatable bonds is 3. The fraction of sp³-hybridized carbons (Fsp3) is 0.133. The number of nitrogens with one attached hydrogen (secondary N) is 1. The van der Waals surface area contributed by atoms with Crippen LogP contribution in [-0.2, 0) is 0 Å². The van der Waals surface area contributed by atoms with Crippen molar-refractivity contribution < 1.29 is 9.53 Å². The summed E-state index contributed by atoms with van der Waals surface area (Å²) >= 11 is 10.3. The highest BCUT2D eigenvalue weighted by atomic mass is 35.5. The number of amides is 1. The molecule has 0 aliphatic carbocycles. The number of thiol groups is 1. The van der Waals surface area contributed by atoms with Gasteiger partial charge >= 0.3 is 0 Å². The molecule has 0 aliphatic rings. The minimum Gasteiger partial charge on any atom is -0.495 e. The Morgan fingerprint density at radius 3 is 2.70 bits per heavy atom. The third kappa shape index (κ3) is 3.26. The maximum atomic E-state index is 12.2. The molecular weight excluding hydrogens is 294 g/mol. The van der Waals surface area contributed by atoms with Gasteiger partial charge in [-0.1, -0.05) is 17.7 Å². The molecule has 0 aliphatic heterocycles. The molecule has 0 saturated heterocycles. The third-order valence-electron chi connectivity index (χ3n) is 2.84.